The van der Waals surface area contributed by atoms with Crippen molar-refractivity contribution in [2.75, 3.05) is 5.32 Å². The summed E-state index contributed by atoms with van der Waals surface area (Å²) >= 11 is 1.59. The summed E-state index contributed by atoms with van der Waals surface area (Å²) in [5, 5.41) is 6.69. The summed E-state index contributed by atoms with van der Waals surface area (Å²) in [6, 6.07) is 17.0. The first-order valence-corrected chi connectivity index (χ1v) is 8.34. The zero-order valence-electron chi connectivity index (χ0n) is 12.6. The van der Waals surface area contributed by atoms with Gasteiger partial charge in [-0.25, -0.2) is 4.98 Å². The molecule has 5 heteroatoms. The van der Waals surface area contributed by atoms with Gasteiger partial charge in [-0.2, -0.15) is 0 Å². The van der Waals surface area contributed by atoms with Crippen LogP contribution in [0.1, 0.15) is 10.4 Å². The molecular formula is C19H13N3OS. The number of fused-ring (bicyclic) bond motifs is 1. The lowest BCUT2D eigenvalue weighted by Crippen LogP contribution is -2.12. The van der Waals surface area contributed by atoms with Gasteiger partial charge in [0.2, 0.25) is 0 Å². The van der Waals surface area contributed by atoms with Crippen LogP contribution in [0.2, 0.25) is 0 Å². The molecule has 0 aliphatic heterocycles. The fourth-order valence-electron chi connectivity index (χ4n) is 2.55. The van der Waals surface area contributed by atoms with Crippen molar-refractivity contribution in [1.82, 2.24) is 9.97 Å². The fourth-order valence-corrected chi connectivity index (χ4v) is 3.20. The highest BCUT2D eigenvalue weighted by atomic mass is 32.1. The molecule has 0 fully saturated rings. The van der Waals surface area contributed by atoms with Crippen molar-refractivity contribution < 1.29 is 4.79 Å². The van der Waals surface area contributed by atoms with E-state index in [1.54, 1.807) is 29.8 Å². The van der Waals surface area contributed by atoms with Crippen LogP contribution in [-0.2, 0) is 0 Å². The van der Waals surface area contributed by atoms with Gasteiger partial charge in [-0.15, -0.1) is 11.3 Å². The number of benzene rings is 2. The number of aromatic nitrogens is 2. The summed E-state index contributed by atoms with van der Waals surface area (Å²) in [5.41, 5.74) is 3.22. The molecule has 4 nitrogen and oxygen atoms in total. The maximum atomic E-state index is 12.6. The average molecular weight is 331 g/mol. The lowest BCUT2D eigenvalue weighted by atomic mass is 10.1. The summed E-state index contributed by atoms with van der Waals surface area (Å²) in [6.07, 6.45) is 3.44. The zero-order valence-corrected chi connectivity index (χ0v) is 13.5. The number of rotatable bonds is 3. The van der Waals surface area contributed by atoms with Gasteiger partial charge in [0.1, 0.15) is 5.01 Å². The van der Waals surface area contributed by atoms with Crippen LogP contribution in [0.15, 0.2) is 72.4 Å². The van der Waals surface area contributed by atoms with Crippen LogP contribution in [0.3, 0.4) is 0 Å². The Bertz CT molecular complexity index is 989. The van der Waals surface area contributed by atoms with Crippen molar-refractivity contribution in [3.8, 4) is 10.6 Å². The summed E-state index contributed by atoms with van der Waals surface area (Å²) in [7, 11) is 0. The molecule has 1 N–H and O–H groups in total. The lowest BCUT2D eigenvalue weighted by molar-refractivity contribution is 0.102. The van der Waals surface area contributed by atoms with Gasteiger partial charge >= 0.3 is 0 Å². The number of anilines is 1. The van der Waals surface area contributed by atoms with Gasteiger partial charge in [-0.05, 0) is 36.4 Å². The topological polar surface area (TPSA) is 54.9 Å². The molecule has 0 saturated carbocycles. The van der Waals surface area contributed by atoms with Crippen LogP contribution >= 0.6 is 11.3 Å². The van der Waals surface area contributed by atoms with E-state index in [9.17, 15) is 4.79 Å². The van der Waals surface area contributed by atoms with Gasteiger partial charge in [0, 0.05) is 34.4 Å². The predicted molar refractivity (Wildman–Crippen MR) is 97.2 cm³/mol. The van der Waals surface area contributed by atoms with Gasteiger partial charge in [0.05, 0.1) is 11.1 Å². The highest BCUT2D eigenvalue weighted by molar-refractivity contribution is 7.13. The van der Waals surface area contributed by atoms with Gasteiger partial charge in [0.25, 0.3) is 5.91 Å². The largest absolute Gasteiger partial charge is 0.322 e. The minimum absolute atomic E-state index is 0.143. The van der Waals surface area contributed by atoms with E-state index in [4.69, 9.17) is 0 Å². The van der Waals surface area contributed by atoms with Crippen LogP contribution < -0.4 is 5.32 Å². The monoisotopic (exact) mass is 331 g/mol. The molecule has 0 aliphatic carbocycles. The molecular weight excluding hydrogens is 318 g/mol. The van der Waals surface area contributed by atoms with Crippen LogP contribution in [-0.4, -0.2) is 15.9 Å². The normalized spacial score (nSPS) is 10.7. The van der Waals surface area contributed by atoms with E-state index in [1.165, 1.54) is 0 Å². The second kappa shape index (κ2) is 6.22. The number of hydrogen-bond donors (Lipinski definition) is 1. The quantitative estimate of drug-likeness (QED) is 0.596. The maximum Gasteiger partial charge on any atom is 0.256 e. The van der Waals surface area contributed by atoms with E-state index < -0.39 is 0 Å². The second-order valence-electron chi connectivity index (χ2n) is 5.24. The lowest BCUT2D eigenvalue weighted by Gasteiger charge is -2.08. The zero-order chi connectivity index (χ0) is 16.4. The fraction of sp³-hybridized carbons (Fsp3) is 0. The molecule has 2 aromatic heterocycles. The third-order valence-corrected chi connectivity index (χ3v) is 4.54. The minimum atomic E-state index is -0.143. The number of para-hydroxylation sites is 1. The Kier molecular flexibility index (Phi) is 3.76. The molecule has 0 atom stereocenters. The Labute approximate surface area is 142 Å². The molecule has 2 heterocycles. The van der Waals surface area contributed by atoms with Crippen molar-refractivity contribution in [1.29, 1.82) is 0 Å². The van der Waals surface area contributed by atoms with Crippen molar-refractivity contribution in [3.05, 3.63) is 77.9 Å². The molecule has 0 radical (unpaired) electrons. The molecule has 24 heavy (non-hydrogen) atoms. The van der Waals surface area contributed by atoms with Crippen LogP contribution in [0.25, 0.3) is 21.5 Å². The number of carbonyl (C=O) groups is 1. The summed E-state index contributed by atoms with van der Waals surface area (Å²) in [6.45, 7) is 0. The molecule has 0 aliphatic rings. The van der Waals surface area contributed by atoms with Crippen LogP contribution in [0.5, 0.6) is 0 Å². The van der Waals surface area contributed by atoms with Crippen LogP contribution in [0.4, 0.5) is 5.69 Å². The summed E-state index contributed by atoms with van der Waals surface area (Å²) in [5.74, 6) is -0.143. The van der Waals surface area contributed by atoms with E-state index in [-0.39, 0.29) is 5.91 Å². The van der Waals surface area contributed by atoms with E-state index >= 15 is 0 Å². The second-order valence-corrected chi connectivity index (χ2v) is 6.14. The number of carbonyl (C=O) groups excluding carboxylic acids is 1. The van der Waals surface area contributed by atoms with Gasteiger partial charge in [-0.1, -0.05) is 18.2 Å². The number of pyridine rings is 1. The number of thiazole rings is 1. The summed E-state index contributed by atoms with van der Waals surface area (Å²) in [4.78, 5) is 21.2. The Morgan fingerprint density at radius 2 is 1.75 bits per heavy atom. The Balaban J connectivity index is 1.59. The smallest absolute Gasteiger partial charge is 0.256 e. The molecule has 0 bridgehead atoms. The first-order chi connectivity index (χ1) is 11.8. The molecule has 4 aromatic rings. The minimum Gasteiger partial charge on any atom is -0.322 e. The van der Waals surface area contributed by atoms with Crippen molar-refractivity contribution in [2.45, 2.75) is 0 Å². The Morgan fingerprint density at radius 3 is 2.54 bits per heavy atom. The highest BCUT2D eigenvalue weighted by Gasteiger charge is 2.10. The van der Waals surface area contributed by atoms with E-state index in [0.717, 1.165) is 27.2 Å². The standard InChI is InChI=1S/C19H13N3OS/c23-18(16-9-10-20-17-4-2-1-3-15(16)17)22-14-7-5-13(6-8-14)19-21-11-12-24-19/h1-12H,(H,22,23). The number of hydrogen-bond acceptors (Lipinski definition) is 4. The van der Waals surface area contributed by atoms with Crippen molar-refractivity contribution >= 4 is 33.8 Å². The van der Waals surface area contributed by atoms with Crippen LogP contribution in [0, 0.1) is 0 Å². The molecule has 0 saturated heterocycles. The van der Waals surface area contributed by atoms with E-state index in [0.29, 0.717) is 5.56 Å². The van der Waals surface area contributed by atoms with Crippen molar-refractivity contribution in [3.63, 3.8) is 0 Å². The molecule has 0 spiro atoms. The number of nitrogens with zero attached hydrogens (tertiary/aromatic N) is 2. The molecule has 4 rings (SSSR count). The van der Waals surface area contributed by atoms with Gasteiger partial charge in [-0.3, -0.25) is 9.78 Å². The highest BCUT2D eigenvalue weighted by Crippen LogP contribution is 2.24. The summed E-state index contributed by atoms with van der Waals surface area (Å²) < 4.78 is 0. The SMILES string of the molecule is O=C(Nc1ccc(-c2nccs2)cc1)c1ccnc2ccccc12. The van der Waals surface area contributed by atoms with E-state index in [1.807, 2.05) is 53.9 Å². The third kappa shape index (κ3) is 2.77. The third-order valence-electron chi connectivity index (χ3n) is 3.72. The molecule has 1 amide bonds. The molecule has 2 aromatic carbocycles. The number of amides is 1. The average Bonchev–Trinajstić information content (AvgIpc) is 3.16. The van der Waals surface area contributed by atoms with Gasteiger partial charge < -0.3 is 5.32 Å². The van der Waals surface area contributed by atoms with Crippen molar-refractivity contribution in [2.24, 2.45) is 0 Å². The van der Waals surface area contributed by atoms with Gasteiger partial charge in [0.15, 0.2) is 0 Å². The molecule has 116 valence electrons. The molecule has 0 unspecified atom stereocenters. The predicted octanol–water partition coefficient (Wildman–Crippen LogP) is 4.61. The first kappa shape index (κ1) is 14.5. The Hall–Kier alpha value is -3.05. The maximum absolute atomic E-state index is 12.6. The number of nitrogens with one attached hydrogen (secondary N) is 1. The van der Waals surface area contributed by atoms with E-state index in [2.05, 4.69) is 15.3 Å². The Morgan fingerprint density at radius 1 is 0.917 bits per heavy atom. The first-order valence-electron chi connectivity index (χ1n) is 7.46.